The number of nitrogens with one attached hydrogen (secondary N) is 1. The van der Waals surface area contributed by atoms with Crippen molar-refractivity contribution in [1.29, 1.82) is 0 Å². The van der Waals surface area contributed by atoms with Gasteiger partial charge in [0.15, 0.2) is 11.5 Å². The van der Waals surface area contributed by atoms with Crippen molar-refractivity contribution in [3.63, 3.8) is 0 Å². The van der Waals surface area contributed by atoms with E-state index in [0.717, 1.165) is 17.1 Å². The lowest BCUT2D eigenvalue weighted by atomic mass is 9.87. The summed E-state index contributed by atoms with van der Waals surface area (Å²) in [5.74, 6) is 1.49. The summed E-state index contributed by atoms with van der Waals surface area (Å²) in [5.41, 5.74) is 0.895. The Labute approximate surface area is 131 Å². The van der Waals surface area contributed by atoms with E-state index in [1.165, 1.54) is 0 Å². The van der Waals surface area contributed by atoms with Crippen molar-refractivity contribution in [2.75, 3.05) is 13.3 Å². The third-order valence-electron chi connectivity index (χ3n) is 3.82. The summed E-state index contributed by atoms with van der Waals surface area (Å²) in [6.45, 7) is 6.71. The summed E-state index contributed by atoms with van der Waals surface area (Å²) in [6, 6.07) is 5.73. The maximum Gasteiger partial charge on any atom is 0.231 e. The van der Waals surface area contributed by atoms with Gasteiger partial charge in [-0.1, -0.05) is 26.8 Å². The zero-order valence-electron chi connectivity index (χ0n) is 13.5. The highest BCUT2D eigenvalue weighted by atomic mass is 16.7. The Hall–Kier alpha value is -1.75. The highest BCUT2D eigenvalue weighted by Crippen LogP contribution is 2.32. The Bertz CT molecular complexity index is 522. The number of aryl methyl sites for hydroxylation is 1. The number of amides is 1. The molecule has 0 bridgehead atoms. The maximum absolute atomic E-state index is 11.8. The predicted molar refractivity (Wildman–Crippen MR) is 84.0 cm³/mol. The Kier molecular flexibility index (Phi) is 5.29. The van der Waals surface area contributed by atoms with Gasteiger partial charge in [0.25, 0.3) is 0 Å². The van der Waals surface area contributed by atoms with Crippen molar-refractivity contribution in [3.05, 3.63) is 23.8 Å². The molecule has 5 heteroatoms. The molecule has 2 N–H and O–H groups in total. The molecule has 0 fully saturated rings. The van der Waals surface area contributed by atoms with E-state index in [0.29, 0.717) is 25.8 Å². The number of carbonyl (C=O) groups is 1. The van der Waals surface area contributed by atoms with E-state index < -0.39 is 6.10 Å². The van der Waals surface area contributed by atoms with E-state index in [9.17, 15) is 9.90 Å². The van der Waals surface area contributed by atoms with E-state index in [2.05, 4.69) is 5.32 Å². The van der Waals surface area contributed by atoms with Crippen molar-refractivity contribution in [2.24, 2.45) is 5.41 Å². The Morgan fingerprint density at radius 1 is 1.32 bits per heavy atom. The molecule has 1 aromatic carbocycles. The molecule has 1 aromatic rings. The number of rotatable bonds is 6. The third kappa shape index (κ3) is 4.63. The van der Waals surface area contributed by atoms with Crippen LogP contribution < -0.4 is 14.8 Å². The lowest BCUT2D eigenvalue weighted by Crippen LogP contribution is -2.32. The van der Waals surface area contributed by atoms with Gasteiger partial charge in [-0.3, -0.25) is 4.79 Å². The van der Waals surface area contributed by atoms with Gasteiger partial charge in [-0.15, -0.1) is 0 Å². The summed E-state index contributed by atoms with van der Waals surface area (Å²) >= 11 is 0. The summed E-state index contributed by atoms with van der Waals surface area (Å²) in [7, 11) is 0. The minimum Gasteiger partial charge on any atom is -0.454 e. The van der Waals surface area contributed by atoms with Gasteiger partial charge < -0.3 is 19.9 Å². The Balaban J connectivity index is 1.70. The molecule has 0 radical (unpaired) electrons. The quantitative estimate of drug-likeness (QED) is 0.846. The lowest BCUT2D eigenvalue weighted by Gasteiger charge is -2.25. The van der Waals surface area contributed by atoms with E-state index in [4.69, 9.17) is 9.47 Å². The van der Waals surface area contributed by atoms with Crippen LogP contribution in [0.5, 0.6) is 11.5 Å². The second kappa shape index (κ2) is 7.01. The minimum atomic E-state index is -0.415. The van der Waals surface area contributed by atoms with Gasteiger partial charge in [0.1, 0.15) is 0 Å². The number of hydrogen-bond donors (Lipinski definition) is 2. The second-order valence-electron chi connectivity index (χ2n) is 6.71. The largest absolute Gasteiger partial charge is 0.454 e. The summed E-state index contributed by atoms with van der Waals surface area (Å²) < 4.78 is 10.6. The third-order valence-corrected chi connectivity index (χ3v) is 3.82. The summed E-state index contributed by atoms with van der Waals surface area (Å²) in [5, 5.41) is 12.8. The number of aliphatic hydroxyl groups is 1. The van der Waals surface area contributed by atoms with Crippen LogP contribution in [-0.2, 0) is 11.2 Å². The monoisotopic (exact) mass is 307 g/mol. The van der Waals surface area contributed by atoms with Gasteiger partial charge in [0.2, 0.25) is 12.7 Å². The average Bonchev–Trinajstić information content (AvgIpc) is 2.91. The van der Waals surface area contributed by atoms with Gasteiger partial charge in [-0.2, -0.15) is 0 Å². The first-order chi connectivity index (χ1) is 10.4. The highest BCUT2D eigenvalue weighted by molar-refractivity contribution is 5.76. The van der Waals surface area contributed by atoms with Gasteiger partial charge in [0, 0.05) is 13.0 Å². The van der Waals surface area contributed by atoms with Crippen LogP contribution in [0, 0.1) is 5.41 Å². The number of aliphatic hydroxyl groups excluding tert-OH is 1. The Morgan fingerprint density at radius 2 is 2.05 bits per heavy atom. The second-order valence-corrected chi connectivity index (χ2v) is 6.71. The molecule has 0 aliphatic carbocycles. The molecule has 2 rings (SSSR count). The number of fused-ring (bicyclic) bond motifs is 1. The molecule has 0 unspecified atom stereocenters. The standard InChI is InChI=1S/C17H25NO4/c1-17(2,3)15(19)8-9-18-16(20)7-5-12-4-6-13-14(10-12)22-11-21-13/h4,6,10,15,19H,5,7-9,11H2,1-3H3,(H,18,20)/t15-/m0/s1. The molecular formula is C17H25NO4. The molecule has 0 saturated heterocycles. The average molecular weight is 307 g/mol. The van der Waals surface area contributed by atoms with Gasteiger partial charge in [-0.05, 0) is 36.0 Å². The van der Waals surface area contributed by atoms with Crippen LogP contribution in [0.15, 0.2) is 18.2 Å². The minimum absolute atomic E-state index is 0.00113. The van der Waals surface area contributed by atoms with Crippen LogP contribution in [0.4, 0.5) is 0 Å². The SMILES string of the molecule is CC(C)(C)[C@@H](O)CCNC(=O)CCc1ccc2c(c1)OCO2. The first-order valence-corrected chi connectivity index (χ1v) is 7.69. The molecule has 22 heavy (non-hydrogen) atoms. The van der Waals surface area contributed by atoms with Crippen LogP contribution in [0.25, 0.3) is 0 Å². The topological polar surface area (TPSA) is 67.8 Å². The fourth-order valence-corrected chi connectivity index (χ4v) is 2.22. The number of ether oxygens (including phenoxy) is 2. The predicted octanol–water partition coefficient (Wildman–Crippen LogP) is 2.26. The molecular weight excluding hydrogens is 282 g/mol. The molecule has 1 amide bonds. The van der Waals surface area contributed by atoms with E-state index in [1.807, 2.05) is 39.0 Å². The number of hydrogen-bond acceptors (Lipinski definition) is 4. The first-order valence-electron chi connectivity index (χ1n) is 7.69. The lowest BCUT2D eigenvalue weighted by molar-refractivity contribution is -0.121. The molecule has 5 nitrogen and oxygen atoms in total. The molecule has 1 aliphatic heterocycles. The van der Waals surface area contributed by atoms with Crippen molar-refractivity contribution >= 4 is 5.91 Å². The van der Waals surface area contributed by atoms with Crippen LogP contribution >= 0.6 is 0 Å². The molecule has 1 atom stereocenters. The zero-order valence-corrected chi connectivity index (χ0v) is 13.5. The van der Waals surface area contributed by atoms with E-state index in [1.54, 1.807) is 0 Å². The molecule has 1 aliphatic rings. The molecule has 0 aromatic heterocycles. The highest BCUT2D eigenvalue weighted by Gasteiger charge is 2.21. The van der Waals surface area contributed by atoms with Crippen LogP contribution in [0.3, 0.4) is 0 Å². The number of benzene rings is 1. The van der Waals surface area contributed by atoms with Crippen LogP contribution in [-0.4, -0.2) is 30.5 Å². The van der Waals surface area contributed by atoms with Crippen molar-refractivity contribution in [2.45, 2.75) is 46.1 Å². The molecule has 0 spiro atoms. The van der Waals surface area contributed by atoms with Gasteiger partial charge in [0.05, 0.1) is 6.10 Å². The fraction of sp³-hybridized carbons (Fsp3) is 0.588. The molecule has 0 saturated carbocycles. The van der Waals surface area contributed by atoms with E-state index >= 15 is 0 Å². The Morgan fingerprint density at radius 3 is 2.77 bits per heavy atom. The fourth-order valence-electron chi connectivity index (χ4n) is 2.22. The van der Waals surface area contributed by atoms with Crippen molar-refractivity contribution < 1.29 is 19.4 Å². The molecule has 1 heterocycles. The van der Waals surface area contributed by atoms with Gasteiger partial charge in [-0.25, -0.2) is 0 Å². The summed E-state index contributed by atoms with van der Waals surface area (Å²) in [4.78, 5) is 11.8. The van der Waals surface area contributed by atoms with Crippen molar-refractivity contribution in [3.8, 4) is 11.5 Å². The van der Waals surface area contributed by atoms with Crippen LogP contribution in [0.1, 0.15) is 39.2 Å². The smallest absolute Gasteiger partial charge is 0.231 e. The van der Waals surface area contributed by atoms with Gasteiger partial charge >= 0.3 is 0 Å². The normalized spacial score (nSPS) is 14.7. The zero-order chi connectivity index (χ0) is 16.2. The number of carbonyl (C=O) groups excluding carboxylic acids is 1. The molecule has 122 valence electrons. The first kappa shape index (κ1) is 16.6. The van der Waals surface area contributed by atoms with Crippen LogP contribution in [0.2, 0.25) is 0 Å². The van der Waals surface area contributed by atoms with E-state index in [-0.39, 0.29) is 18.1 Å². The van der Waals surface area contributed by atoms with Crippen molar-refractivity contribution in [1.82, 2.24) is 5.32 Å². The maximum atomic E-state index is 11.8. The summed E-state index contributed by atoms with van der Waals surface area (Å²) in [6.07, 6.45) is 1.23.